The molecular formula is C2H6BN. The fraction of sp³-hybridized carbons (Fsp3) is 1.00. The first-order chi connectivity index (χ1) is 1.41. The van der Waals surface area contributed by atoms with Crippen molar-refractivity contribution >= 4 is 7.28 Å². The van der Waals surface area contributed by atoms with E-state index in [9.17, 15) is 0 Å². The molecule has 2 heteroatoms. The first-order valence-electron chi connectivity index (χ1n) is 1.15. The van der Waals surface area contributed by atoms with E-state index in [4.69, 9.17) is 0 Å². The van der Waals surface area contributed by atoms with Crippen LogP contribution in [0.15, 0.2) is 0 Å². The Hall–Kier alpha value is 0.0249. The van der Waals surface area contributed by atoms with Gasteiger partial charge in [-0.15, -0.1) is 0 Å². The molecule has 0 aliphatic heterocycles. The van der Waals surface area contributed by atoms with E-state index < -0.39 is 0 Å². The molecule has 0 spiro atoms. The molecule has 0 saturated heterocycles. The molecule has 0 bridgehead atoms. The maximum Gasteiger partial charge on any atom is 0.102 e. The Kier molecular flexibility index (Phi) is 26.5. The van der Waals surface area contributed by atoms with Crippen LogP contribution in [-0.4, -0.2) is 7.28 Å². The second-order valence-electron chi connectivity index (χ2n) is 0.577. The molecular weight excluding hydrogens is 48.8 g/mol. The summed E-state index contributed by atoms with van der Waals surface area (Å²) in [5.74, 6) is 0. The van der Waals surface area contributed by atoms with E-state index in [-0.39, 0.29) is 6.15 Å². The van der Waals surface area contributed by atoms with Crippen molar-refractivity contribution in [2.45, 2.75) is 13.6 Å². The van der Waals surface area contributed by atoms with E-state index in [1.54, 1.807) is 0 Å². The highest BCUT2D eigenvalue weighted by Crippen LogP contribution is 1.36. The maximum atomic E-state index is 2.00. The third-order valence-electron chi connectivity index (χ3n) is 0. The summed E-state index contributed by atoms with van der Waals surface area (Å²) in [6, 6.07) is 0. The van der Waals surface area contributed by atoms with E-state index in [1.165, 1.54) is 0 Å². The average Bonchev–Trinajstić information content (AvgIpc) is 0.918. The Labute approximate surface area is 28.2 Å². The van der Waals surface area contributed by atoms with E-state index in [2.05, 4.69) is 0 Å². The Morgan fingerprint density at radius 1 is 1.25 bits per heavy atom. The highest BCUT2D eigenvalue weighted by molar-refractivity contribution is 6.31. The normalized spacial score (nSPS) is 3.50. The molecule has 0 fully saturated rings. The zero-order chi connectivity index (χ0) is 2.71. The Morgan fingerprint density at radius 3 is 1.25 bits per heavy atom. The van der Waals surface area contributed by atoms with Gasteiger partial charge in [-0.2, -0.15) is 0 Å². The van der Waals surface area contributed by atoms with Crippen LogP contribution in [0.25, 0.3) is 0 Å². The van der Waals surface area contributed by atoms with Crippen molar-refractivity contribution in [3.05, 3.63) is 0 Å². The van der Waals surface area contributed by atoms with Gasteiger partial charge in [-0.3, -0.25) is 0 Å². The molecule has 0 aromatic rings. The van der Waals surface area contributed by atoms with Crippen LogP contribution in [0.4, 0.5) is 0 Å². The summed E-state index contributed by atoms with van der Waals surface area (Å²) in [6.45, 7) is 4.00. The van der Waals surface area contributed by atoms with Crippen molar-refractivity contribution in [1.82, 2.24) is 6.15 Å². The van der Waals surface area contributed by atoms with E-state index >= 15 is 0 Å². The molecule has 0 aromatic heterocycles. The molecule has 0 unspecified atom stereocenters. The molecule has 0 heterocycles. The van der Waals surface area contributed by atoms with Gasteiger partial charge in [-0.1, -0.05) is 13.6 Å². The topological polar surface area (TPSA) is 30.5 Å². The summed E-state index contributed by atoms with van der Waals surface area (Å²) in [5.41, 5.74) is 0. The lowest BCUT2D eigenvalue weighted by atomic mass is 9.88. The molecule has 0 aromatic carbocycles. The third-order valence-corrected chi connectivity index (χ3v) is 0. The average molecular weight is 54.9 g/mol. The van der Waals surface area contributed by atoms with Crippen LogP contribution in [-0.2, 0) is 0 Å². The van der Waals surface area contributed by atoms with Crippen molar-refractivity contribution in [3.63, 3.8) is 0 Å². The van der Waals surface area contributed by atoms with Crippen LogP contribution in [0.1, 0.15) is 0 Å². The quantitative estimate of drug-likeness (QED) is 0.357. The highest BCUT2D eigenvalue weighted by Gasteiger charge is 1.42. The van der Waals surface area contributed by atoms with Crippen molar-refractivity contribution in [1.29, 1.82) is 0 Å². The van der Waals surface area contributed by atoms with E-state index in [0.29, 0.717) is 0 Å². The van der Waals surface area contributed by atoms with Gasteiger partial charge in [0.2, 0.25) is 0 Å². The Morgan fingerprint density at radius 2 is 1.25 bits per heavy atom. The van der Waals surface area contributed by atoms with Gasteiger partial charge < -0.3 is 0 Å². The number of hydrogen-bond acceptors (Lipinski definition) is 0. The largest absolute Gasteiger partial charge is 0.102 e. The smallest absolute Gasteiger partial charge is 0.0922 e. The van der Waals surface area contributed by atoms with Gasteiger partial charge in [0.15, 0.2) is 0 Å². The highest BCUT2D eigenvalue weighted by atomic mass is 14.0. The van der Waals surface area contributed by atoms with Crippen LogP contribution in [0, 0.1) is 0 Å². The first kappa shape index (κ1) is 8.98. The second kappa shape index (κ2) is 11.8. The fourth-order valence-electron chi connectivity index (χ4n) is 0. The Bertz CT molecular complexity index is 6.00. The van der Waals surface area contributed by atoms with Gasteiger partial charge >= 0.3 is 0 Å². The molecule has 1 nitrogen and oxygen atoms in total. The summed E-state index contributed by atoms with van der Waals surface area (Å²) in [6.07, 6.45) is 0. The molecule has 0 N–H and O–H groups in total. The van der Waals surface area contributed by atoms with Crippen molar-refractivity contribution in [2.75, 3.05) is 0 Å². The van der Waals surface area contributed by atoms with Crippen molar-refractivity contribution < 1.29 is 0 Å². The zero-order valence-electron chi connectivity index (χ0n) is 3.02. The lowest BCUT2D eigenvalue weighted by Gasteiger charge is -1.41. The summed E-state index contributed by atoms with van der Waals surface area (Å²) >= 11 is 0. The standard InChI is InChI=1S/C2H6B.N/c1-3-2;/h1-2H3;. The first-order valence-corrected chi connectivity index (χ1v) is 1.15. The predicted molar refractivity (Wildman–Crippen MR) is 19.6 cm³/mol. The summed E-state index contributed by atoms with van der Waals surface area (Å²) in [4.78, 5) is 0. The lowest BCUT2D eigenvalue weighted by molar-refractivity contribution is 2.13. The molecule has 4 radical (unpaired) electrons. The maximum absolute atomic E-state index is 2.00. The Balaban J connectivity index is 0. The van der Waals surface area contributed by atoms with Crippen molar-refractivity contribution in [3.8, 4) is 0 Å². The van der Waals surface area contributed by atoms with Crippen LogP contribution in [0.3, 0.4) is 0 Å². The molecule has 0 aliphatic rings. The van der Waals surface area contributed by atoms with Crippen LogP contribution < -0.4 is 6.15 Å². The molecule has 22 valence electrons. The van der Waals surface area contributed by atoms with Crippen LogP contribution >= 0.6 is 0 Å². The van der Waals surface area contributed by atoms with Crippen molar-refractivity contribution in [2.24, 2.45) is 0 Å². The van der Waals surface area contributed by atoms with Crippen LogP contribution in [0.2, 0.25) is 13.6 Å². The minimum absolute atomic E-state index is 0. The summed E-state index contributed by atoms with van der Waals surface area (Å²) in [7, 11) is 2.00. The van der Waals surface area contributed by atoms with E-state index in [1.807, 2.05) is 20.9 Å². The van der Waals surface area contributed by atoms with Crippen LogP contribution in [0.5, 0.6) is 0 Å². The monoisotopic (exact) mass is 55.1 g/mol. The SMILES string of the molecule is C[B]C.[N]. The van der Waals surface area contributed by atoms with Gasteiger partial charge in [-0.05, 0) is 0 Å². The fourth-order valence-corrected chi connectivity index (χ4v) is 0. The molecule has 0 amide bonds. The summed E-state index contributed by atoms with van der Waals surface area (Å²) in [5, 5.41) is 0. The summed E-state index contributed by atoms with van der Waals surface area (Å²) < 4.78 is 0. The van der Waals surface area contributed by atoms with Gasteiger partial charge in [0.05, 0.1) is 0 Å². The third kappa shape index (κ3) is 3420. The van der Waals surface area contributed by atoms with Gasteiger partial charge in [0, 0.05) is 6.15 Å². The van der Waals surface area contributed by atoms with Gasteiger partial charge in [0.25, 0.3) is 0 Å². The molecule has 0 saturated carbocycles. The number of nitrogens with zero attached hydrogens (tertiary/aromatic N) is 1. The van der Waals surface area contributed by atoms with E-state index in [0.717, 1.165) is 0 Å². The molecule has 0 aliphatic carbocycles. The predicted octanol–water partition coefficient (Wildman–Crippen LogP) is 0.306. The number of rotatable bonds is 0. The number of hydrogen-bond donors (Lipinski definition) is 0. The van der Waals surface area contributed by atoms with Gasteiger partial charge in [-0.25, -0.2) is 0 Å². The second-order valence-corrected chi connectivity index (χ2v) is 0.577. The lowest BCUT2D eigenvalue weighted by Crippen LogP contribution is -1.53. The molecule has 4 heavy (non-hydrogen) atoms. The van der Waals surface area contributed by atoms with Gasteiger partial charge in [0.1, 0.15) is 7.28 Å². The molecule has 0 atom stereocenters. The zero-order valence-corrected chi connectivity index (χ0v) is 3.02. The minimum atomic E-state index is 0. The minimum Gasteiger partial charge on any atom is -0.0922 e. The molecule has 0 rings (SSSR count).